The Bertz CT molecular complexity index is 282. The summed E-state index contributed by atoms with van der Waals surface area (Å²) in [5.41, 5.74) is 0. The maximum Gasteiger partial charge on any atom is 0.326 e. The summed E-state index contributed by atoms with van der Waals surface area (Å²) in [4.78, 5) is 22.7. The Morgan fingerprint density at radius 1 is 1.61 bits per heavy atom. The van der Waals surface area contributed by atoms with Crippen molar-refractivity contribution in [2.24, 2.45) is 0 Å². The molecular weight excluding hydrogens is 256 g/mol. The summed E-state index contributed by atoms with van der Waals surface area (Å²) >= 11 is 1.81. The number of aliphatic carboxylic acids is 1. The lowest BCUT2D eigenvalue weighted by Crippen LogP contribution is -2.46. The van der Waals surface area contributed by atoms with Crippen LogP contribution in [-0.2, 0) is 14.3 Å². The van der Waals surface area contributed by atoms with Crippen molar-refractivity contribution in [2.75, 3.05) is 31.8 Å². The lowest BCUT2D eigenvalue weighted by atomic mass is 10.1. The molecule has 1 fully saturated rings. The average Bonchev–Trinajstić information content (AvgIpc) is 2.35. The van der Waals surface area contributed by atoms with Gasteiger partial charge in [0.05, 0.1) is 0 Å². The zero-order valence-corrected chi connectivity index (χ0v) is 11.3. The number of methoxy groups -OCH3 is 1. The highest BCUT2D eigenvalue weighted by atomic mass is 32.2. The van der Waals surface area contributed by atoms with Crippen molar-refractivity contribution in [3.63, 3.8) is 0 Å². The molecule has 104 valence electrons. The second kappa shape index (κ2) is 8.34. The molecule has 1 saturated heterocycles. The summed E-state index contributed by atoms with van der Waals surface area (Å²) in [6.07, 6.45) is 0.605. The number of amides is 1. The van der Waals surface area contributed by atoms with E-state index in [2.05, 4.69) is 10.6 Å². The van der Waals surface area contributed by atoms with Gasteiger partial charge in [-0.1, -0.05) is 0 Å². The van der Waals surface area contributed by atoms with E-state index in [1.807, 2.05) is 0 Å². The van der Waals surface area contributed by atoms with Crippen LogP contribution in [-0.4, -0.2) is 60.8 Å². The molecule has 2 atom stereocenters. The molecule has 0 radical (unpaired) electrons. The van der Waals surface area contributed by atoms with Crippen LogP contribution in [0.1, 0.15) is 12.8 Å². The van der Waals surface area contributed by atoms with Crippen LogP contribution in [0.15, 0.2) is 0 Å². The van der Waals surface area contributed by atoms with Crippen molar-refractivity contribution < 1.29 is 19.4 Å². The minimum Gasteiger partial charge on any atom is -0.480 e. The lowest BCUT2D eigenvalue weighted by molar-refractivity contribution is -0.142. The number of carbonyl (C=O) groups excluding carboxylic acids is 1. The van der Waals surface area contributed by atoms with E-state index in [0.717, 1.165) is 18.1 Å². The molecule has 2 unspecified atom stereocenters. The minimum atomic E-state index is -1.02. The predicted molar refractivity (Wildman–Crippen MR) is 69.8 cm³/mol. The van der Waals surface area contributed by atoms with E-state index in [1.165, 1.54) is 7.11 Å². The first-order chi connectivity index (χ1) is 8.63. The Balaban J connectivity index is 2.32. The summed E-state index contributed by atoms with van der Waals surface area (Å²) in [7, 11) is 1.50. The molecule has 1 aliphatic heterocycles. The molecule has 0 aromatic rings. The zero-order chi connectivity index (χ0) is 13.4. The second-order valence-corrected chi connectivity index (χ2v) is 5.32. The third-order valence-electron chi connectivity index (χ3n) is 2.67. The maximum atomic E-state index is 11.7. The van der Waals surface area contributed by atoms with Gasteiger partial charge in [0.15, 0.2) is 0 Å². The number of ether oxygens (including phenoxy) is 1. The summed E-state index contributed by atoms with van der Waals surface area (Å²) in [5, 5.41) is 14.7. The molecule has 3 N–H and O–H groups in total. The highest BCUT2D eigenvalue weighted by molar-refractivity contribution is 7.99. The van der Waals surface area contributed by atoms with Crippen LogP contribution in [0, 0.1) is 0 Å². The van der Waals surface area contributed by atoms with Gasteiger partial charge < -0.3 is 20.5 Å². The van der Waals surface area contributed by atoms with Gasteiger partial charge in [0.1, 0.15) is 6.04 Å². The van der Waals surface area contributed by atoms with Crippen LogP contribution < -0.4 is 10.6 Å². The molecule has 1 rings (SSSR count). The topological polar surface area (TPSA) is 87.7 Å². The molecule has 7 heteroatoms. The quantitative estimate of drug-likeness (QED) is 0.591. The average molecular weight is 276 g/mol. The number of nitrogens with one attached hydrogen (secondary N) is 2. The first-order valence-corrected chi connectivity index (χ1v) is 7.11. The number of carboxylic acids is 1. The number of hydrogen-bond acceptors (Lipinski definition) is 5. The largest absolute Gasteiger partial charge is 0.480 e. The van der Waals surface area contributed by atoms with Crippen LogP contribution in [0.3, 0.4) is 0 Å². The van der Waals surface area contributed by atoms with Gasteiger partial charge in [-0.25, -0.2) is 4.79 Å². The molecule has 0 saturated carbocycles. The number of carbonyl (C=O) groups is 2. The Kier molecular flexibility index (Phi) is 7.07. The van der Waals surface area contributed by atoms with Crippen molar-refractivity contribution in [3.8, 4) is 0 Å². The van der Waals surface area contributed by atoms with E-state index < -0.39 is 12.0 Å². The zero-order valence-electron chi connectivity index (χ0n) is 10.5. The van der Waals surface area contributed by atoms with Crippen LogP contribution in [0.5, 0.6) is 0 Å². The number of rotatable bonds is 7. The molecule has 0 aromatic heterocycles. The minimum absolute atomic E-state index is 0.139. The highest BCUT2D eigenvalue weighted by Gasteiger charge is 2.22. The number of hydrogen-bond donors (Lipinski definition) is 3. The van der Waals surface area contributed by atoms with Crippen LogP contribution in [0.4, 0.5) is 0 Å². The van der Waals surface area contributed by atoms with E-state index in [4.69, 9.17) is 9.84 Å². The molecule has 1 heterocycles. The fourth-order valence-corrected chi connectivity index (χ4v) is 2.67. The van der Waals surface area contributed by atoms with Gasteiger partial charge in [-0.15, -0.1) is 0 Å². The van der Waals surface area contributed by atoms with E-state index in [9.17, 15) is 9.59 Å². The van der Waals surface area contributed by atoms with E-state index >= 15 is 0 Å². The maximum absolute atomic E-state index is 11.7. The van der Waals surface area contributed by atoms with Crippen LogP contribution in [0.25, 0.3) is 0 Å². The van der Waals surface area contributed by atoms with Gasteiger partial charge in [0.2, 0.25) is 5.91 Å². The molecule has 6 nitrogen and oxygen atoms in total. The SMILES string of the molecule is COCCC(NC(=O)CC1CSCCN1)C(=O)O. The summed E-state index contributed by atoms with van der Waals surface area (Å²) in [5.74, 6) is 0.706. The Morgan fingerprint density at radius 3 is 2.94 bits per heavy atom. The van der Waals surface area contributed by atoms with Gasteiger partial charge in [0.25, 0.3) is 0 Å². The summed E-state index contributed by atoms with van der Waals surface area (Å²) < 4.78 is 4.82. The summed E-state index contributed by atoms with van der Waals surface area (Å²) in [6, 6.07) is -0.727. The van der Waals surface area contributed by atoms with Gasteiger partial charge in [-0.3, -0.25) is 4.79 Å². The van der Waals surface area contributed by atoms with Crippen molar-refractivity contribution in [2.45, 2.75) is 24.9 Å². The van der Waals surface area contributed by atoms with Crippen molar-refractivity contribution in [1.82, 2.24) is 10.6 Å². The van der Waals surface area contributed by atoms with Crippen LogP contribution in [0.2, 0.25) is 0 Å². The fraction of sp³-hybridized carbons (Fsp3) is 0.818. The van der Waals surface area contributed by atoms with E-state index in [1.54, 1.807) is 11.8 Å². The van der Waals surface area contributed by atoms with Gasteiger partial charge >= 0.3 is 5.97 Å². The highest BCUT2D eigenvalue weighted by Crippen LogP contribution is 2.10. The Hall–Kier alpha value is -0.790. The molecule has 18 heavy (non-hydrogen) atoms. The van der Waals surface area contributed by atoms with Gasteiger partial charge in [0, 0.05) is 50.7 Å². The standard InChI is InChI=1S/C11H20N2O4S/c1-17-4-2-9(11(15)16)13-10(14)6-8-7-18-5-3-12-8/h8-9,12H,2-7H2,1H3,(H,13,14)(H,15,16). The molecule has 0 spiro atoms. The third kappa shape index (κ3) is 5.70. The Morgan fingerprint density at radius 2 is 2.39 bits per heavy atom. The van der Waals surface area contributed by atoms with E-state index in [-0.39, 0.29) is 18.4 Å². The predicted octanol–water partition coefficient (Wildman–Crippen LogP) is -0.313. The van der Waals surface area contributed by atoms with Crippen molar-refractivity contribution in [3.05, 3.63) is 0 Å². The summed E-state index contributed by atoms with van der Waals surface area (Å²) in [6.45, 7) is 1.21. The molecule has 1 amide bonds. The number of thioether (sulfide) groups is 1. The lowest BCUT2D eigenvalue weighted by Gasteiger charge is -2.23. The van der Waals surface area contributed by atoms with Crippen molar-refractivity contribution >= 4 is 23.6 Å². The monoisotopic (exact) mass is 276 g/mol. The Labute approximate surface area is 111 Å². The smallest absolute Gasteiger partial charge is 0.326 e. The molecule has 0 bridgehead atoms. The normalized spacial score (nSPS) is 21.3. The second-order valence-electron chi connectivity index (χ2n) is 4.17. The van der Waals surface area contributed by atoms with Gasteiger partial charge in [-0.05, 0) is 0 Å². The van der Waals surface area contributed by atoms with Crippen LogP contribution >= 0.6 is 11.8 Å². The molecule has 1 aliphatic rings. The van der Waals surface area contributed by atoms with E-state index in [0.29, 0.717) is 13.0 Å². The first kappa shape index (κ1) is 15.3. The van der Waals surface area contributed by atoms with Gasteiger partial charge in [-0.2, -0.15) is 11.8 Å². The third-order valence-corrected chi connectivity index (χ3v) is 3.81. The number of carboxylic acid groups (broad SMARTS) is 1. The van der Waals surface area contributed by atoms with Crippen molar-refractivity contribution in [1.29, 1.82) is 0 Å². The first-order valence-electron chi connectivity index (χ1n) is 5.95. The molecule has 0 aliphatic carbocycles. The molecule has 0 aromatic carbocycles. The molecular formula is C11H20N2O4S. The fourth-order valence-electron chi connectivity index (χ4n) is 1.72.